The second-order valence-electron chi connectivity index (χ2n) is 9.51. The van der Waals surface area contributed by atoms with Crippen molar-refractivity contribution in [1.29, 1.82) is 0 Å². The van der Waals surface area contributed by atoms with Gasteiger partial charge in [0.25, 0.3) is 0 Å². The molecule has 2 aliphatic heterocycles. The molecule has 33 heavy (non-hydrogen) atoms. The molecule has 1 aromatic carbocycles. The number of carbonyl (C=O) groups excluding carboxylic acids is 1. The van der Waals surface area contributed by atoms with Gasteiger partial charge in [-0.3, -0.25) is 4.79 Å². The number of anilines is 1. The summed E-state index contributed by atoms with van der Waals surface area (Å²) in [6, 6.07) is 8.15. The Morgan fingerprint density at radius 2 is 1.97 bits per heavy atom. The van der Waals surface area contributed by atoms with Crippen molar-refractivity contribution in [3.05, 3.63) is 52.4 Å². The topological polar surface area (TPSA) is 73.4 Å². The fourth-order valence-corrected chi connectivity index (χ4v) is 5.52. The van der Waals surface area contributed by atoms with Gasteiger partial charge in [-0.25, -0.2) is 9.97 Å². The van der Waals surface area contributed by atoms with Gasteiger partial charge in [0.1, 0.15) is 12.1 Å². The lowest BCUT2D eigenvalue weighted by molar-refractivity contribution is -0.133. The van der Waals surface area contributed by atoms with Crippen LogP contribution in [0.25, 0.3) is 0 Å². The van der Waals surface area contributed by atoms with Gasteiger partial charge in [0.15, 0.2) is 0 Å². The van der Waals surface area contributed by atoms with Gasteiger partial charge in [0.05, 0.1) is 5.92 Å². The molecule has 5 rings (SSSR count). The van der Waals surface area contributed by atoms with E-state index in [-0.39, 0.29) is 11.8 Å². The van der Waals surface area contributed by atoms with Crippen LogP contribution in [-0.2, 0) is 11.2 Å². The number of rotatable bonds is 6. The fourth-order valence-electron chi connectivity index (χ4n) is 5.39. The van der Waals surface area contributed by atoms with Crippen LogP contribution in [0.15, 0.2) is 30.6 Å². The first kappa shape index (κ1) is 22.6. The average molecular weight is 469 g/mol. The summed E-state index contributed by atoms with van der Waals surface area (Å²) in [5, 5.41) is 7.69. The predicted octanol–water partition coefficient (Wildman–Crippen LogP) is 2.56. The Labute approximate surface area is 200 Å². The number of hydrogen-bond acceptors (Lipinski definition) is 6. The van der Waals surface area contributed by atoms with Crippen LogP contribution in [0.3, 0.4) is 0 Å². The molecule has 7 nitrogen and oxygen atoms in total. The minimum absolute atomic E-state index is 0.191. The van der Waals surface area contributed by atoms with E-state index in [1.54, 1.807) is 6.33 Å². The third-order valence-corrected chi connectivity index (χ3v) is 7.64. The van der Waals surface area contributed by atoms with Crippen molar-refractivity contribution in [2.45, 2.75) is 44.1 Å². The molecule has 176 valence electrons. The molecule has 1 amide bonds. The quantitative estimate of drug-likeness (QED) is 0.678. The number of carbonyl (C=O) groups is 1. The molecule has 2 saturated heterocycles. The molecular weight excluding hydrogens is 436 g/mol. The zero-order chi connectivity index (χ0) is 22.8. The first-order chi connectivity index (χ1) is 16.1. The summed E-state index contributed by atoms with van der Waals surface area (Å²) >= 11 is 6.11. The van der Waals surface area contributed by atoms with Crippen molar-refractivity contribution < 1.29 is 4.79 Å². The van der Waals surface area contributed by atoms with Gasteiger partial charge < -0.3 is 20.4 Å². The highest BCUT2D eigenvalue weighted by molar-refractivity contribution is 6.30. The van der Waals surface area contributed by atoms with Crippen molar-refractivity contribution in [2.75, 3.05) is 50.7 Å². The Morgan fingerprint density at radius 3 is 2.70 bits per heavy atom. The van der Waals surface area contributed by atoms with Crippen molar-refractivity contribution in [2.24, 2.45) is 0 Å². The van der Waals surface area contributed by atoms with Gasteiger partial charge in [-0.1, -0.05) is 30.7 Å². The molecule has 1 aromatic heterocycles. The minimum Gasteiger partial charge on any atom is -0.353 e. The standard InChI is InChI=1S/C25H33ClN6O/c1-17-2-7-22-23(17)24(30-16-29-22)31-10-12-32(13-11-31)25(33)21(15-28-20-8-9-27-14-20)18-3-5-19(26)6-4-18/h3-6,16-17,20-21,27-28H,2,7-15H2,1H3/t17-,20+,21-/m1/s1. The van der Waals surface area contributed by atoms with E-state index in [2.05, 4.69) is 32.4 Å². The van der Waals surface area contributed by atoms with E-state index in [0.717, 1.165) is 56.8 Å². The number of amides is 1. The lowest BCUT2D eigenvalue weighted by atomic mass is 9.96. The van der Waals surface area contributed by atoms with E-state index in [0.29, 0.717) is 36.6 Å². The molecule has 1 aliphatic carbocycles. The van der Waals surface area contributed by atoms with Crippen molar-refractivity contribution in [1.82, 2.24) is 25.5 Å². The Kier molecular flexibility index (Phi) is 6.81. The van der Waals surface area contributed by atoms with Gasteiger partial charge in [0.2, 0.25) is 5.91 Å². The van der Waals surface area contributed by atoms with E-state index in [4.69, 9.17) is 11.6 Å². The number of fused-ring (bicyclic) bond motifs is 1. The fraction of sp³-hybridized carbons (Fsp3) is 0.560. The smallest absolute Gasteiger partial charge is 0.231 e. The van der Waals surface area contributed by atoms with E-state index >= 15 is 0 Å². The largest absolute Gasteiger partial charge is 0.353 e. The van der Waals surface area contributed by atoms with Crippen molar-refractivity contribution >= 4 is 23.3 Å². The summed E-state index contributed by atoms with van der Waals surface area (Å²) in [4.78, 5) is 27.2. The maximum Gasteiger partial charge on any atom is 0.231 e. The molecule has 0 unspecified atom stereocenters. The van der Waals surface area contributed by atoms with Crippen molar-refractivity contribution in [3.63, 3.8) is 0 Å². The Bertz CT molecular complexity index is 969. The number of nitrogens with one attached hydrogen (secondary N) is 2. The lowest BCUT2D eigenvalue weighted by Crippen LogP contribution is -2.51. The van der Waals surface area contributed by atoms with E-state index in [1.807, 2.05) is 29.2 Å². The van der Waals surface area contributed by atoms with Crippen LogP contribution in [0.1, 0.15) is 48.4 Å². The molecule has 0 bridgehead atoms. The number of nitrogens with zero attached hydrogens (tertiary/aromatic N) is 4. The summed E-state index contributed by atoms with van der Waals surface area (Å²) in [5.41, 5.74) is 3.53. The van der Waals surface area contributed by atoms with Crippen LogP contribution in [0.4, 0.5) is 5.82 Å². The van der Waals surface area contributed by atoms with Crippen LogP contribution in [-0.4, -0.2) is 72.6 Å². The maximum absolute atomic E-state index is 13.7. The van der Waals surface area contributed by atoms with Gasteiger partial charge in [-0.15, -0.1) is 0 Å². The Morgan fingerprint density at radius 1 is 1.18 bits per heavy atom. The molecule has 3 heterocycles. The van der Waals surface area contributed by atoms with Crippen LogP contribution in [0, 0.1) is 0 Å². The predicted molar refractivity (Wildman–Crippen MR) is 131 cm³/mol. The number of hydrogen-bond donors (Lipinski definition) is 2. The third kappa shape index (κ3) is 4.86. The molecular formula is C25H33ClN6O. The normalized spacial score (nSPS) is 23.6. The number of benzene rings is 1. The van der Waals surface area contributed by atoms with E-state index in [1.165, 1.54) is 11.3 Å². The van der Waals surface area contributed by atoms with Gasteiger partial charge in [-0.05, 0) is 49.4 Å². The first-order valence-corrected chi connectivity index (χ1v) is 12.5. The maximum atomic E-state index is 13.7. The van der Waals surface area contributed by atoms with Crippen LogP contribution in [0.2, 0.25) is 5.02 Å². The zero-order valence-corrected chi connectivity index (χ0v) is 20.0. The van der Waals surface area contributed by atoms with Crippen LogP contribution < -0.4 is 15.5 Å². The molecule has 8 heteroatoms. The molecule has 3 aliphatic rings. The Hall–Kier alpha value is -2.22. The molecule has 2 N–H and O–H groups in total. The zero-order valence-electron chi connectivity index (χ0n) is 19.3. The van der Waals surface area contributed by atoms with Crippen LogP contribution in [0.5, 0.6) is 0 Å². The minimum atomic E-state index is -0.210. The number of piperazine rings is 1. The molecule has 0 spiro atoms. The molecule has 3 atom stereocenters. The van der Waals surface area contributed by atoms with E-state index in [9.17, 15) is 4.79 Å². The summed E-state index contributed by atoms with van der Waals surface area (Å²) in [6.07, 6.45) is 4.98. The Balaban J connectivity index is 1.27. The number of aromatic nitrogens is 2. The average Bonchev–Trinajstić information content (AvgIpc) is 3.50. The SMILES string of the molecule is C[C@@H]1CCc2ncnc(N3CCN(C(=O)[C@H](CN[C@H]4CCNC4)c4ccc(Cl)cc4)CC3)c21. The van der Waals surface area contributed by atoms with Gasteiger partial charge >= 0.3 is 0 Å². The van der Waals surface area contributed by atoms with Gasteiger partial charge in [0, 0.05) is 61.6 Å². The molecule has 0 saturated carbocycles. The number of halogens is 1. The second kappa shape index (κ2) is 9.95. The van der Waals surface area contributed by atoms with Crippen molar-refractivity contribution in [3.8, 4) is 0 Å². The lowest BCUT2D eigenvalue weighted by Gasteiger charge is -2.38. The summed E-state index contributed by atoms with van der Waals surface area (Å²) in [6.45, 7) is 7.92. The highest BCUT2D eigenvalue weighted by Crippen LogP contribution is 2.37. The summed E-state index contributed by atoms with van der Waals surface area (Å²) < 4.78 is 0. The van der Waals surface area contributed by atoms with Crippen LogP contribution >= 0.6 is 11.6 Å². The summed E-state index contributed by atoms with van der Waals surface area (Å²) in [5.74, 6) is 1.55. The highest BCUT2D eigenvalue weighted by Gasteiger charge is 2.32. The summed E-state index contributed by atoms with van der Waals surface area (Å²) in [7, 11) is 0. The molecule has 0 radical (unpaired) electrons. The number of aryl methyl sites for hydroxylation is 1. The molecule has 2 fully saturated rings. The molecule has 2 aromatic rings. The third-order valence-electron chi connectivity index (χ3n) is 7.38. The second-order valence-corrected chi connectivity index (χ2v) is 9.95. The monoisotopic (exact) mass is 468 g/mol. The highest BCUT2D eigenvalue weighted by atomic mass is 35.5. The van der Waals surface area contributed by atoms with Gasteiger partial charge in [-0.2, -0.15) is 0 Å². The van der Waals surface area contributed by atoms with E-state index < -0.39 is 0 Å². The first-order valence-electron chi connectivity index (χ1n) is 12.2.